The molecule has 2 rings (SSSR count). The average molecular weight is 296 g/mol. The van der Waals surface area contributed by atoms with Gasteiger partial charge < -0.3 is 10.5 Å². The zero-order valence-electron chi connectivity index (χ0n) is 10.1. The van der Waals surface area contributed by atoms with Gasteiger partial charge in [0, 0.05) is 11.1 Å². The van der Waals surface area contributed by atoms with Gasteiger partial charge in [0.2, 0.25) is 0 Å². The van der Waals surface area contributed by atoms with Gasteiger partial charge in [-0.25, -0.2) is 4.39 Å². The van der Waals surface area contributed by atoms with Gasteiger partial charge >= 0.3 is 0 Å². The summed E-state index contributed by atoms with van der Waals surface area (Å²) in [4.78, 5) is 0.173. The quantitative estimate of drug-likeness (QED) is 0.861. The number of halogens is 2. The van der Waals surface area contributed by atoms with Crippen LogP contribution >= 0.6 is 23.8 Å². The van der Waals surface area contributed by atoms with E-state index in [1.807, 2.05) is 6.92 Å². The highest BCUT2D eigenvalue weighted by molar-refractivity contribution is 7.80. The Labute approximate surface area is 120 Å². The van der Waals surface area contributed by atoms with Crippen LogP contribution in [0.4, 0.5) is 4.39 Å². The molecule has 0 aliphatic heterocycles. The fourth-order valence-corrected chi connectivity index (χ4v) is 1.92. The third kappa shape index (κ3) is 3.22. The van der Waals surface area contributed by atoms with Gasteiger partial charge in [-0.15, -0.1) is 0 Å². The molecule has 0 saturated heterocycles. The first-order chi connectivity index (χ1) is 8.97. The van der Waals surface area contributed by atoms with Gasteiger partial charge in [-0.3, -0.25) is 0 Å². The molecule has 0 saturated carbocycles. The molecule has 2 aromatic carbocycles. The van der Waals surface area contributed by atoms with Gasteiger partial charge in [0.15, 0.2) is 0 Å². The summed E-state index contributed by atoms with van der Waals surface area (Å²) in [5, 5.41) is 0.506. The van der Waals surface area contributed by atoms with Crippen molar-refractivity contribution in [1.82, 2.24) is 0 Å². The third-order valence-corrected chi connectivity index (χ3v) is 3.03. The lowest BCUT2D eigenvalue weighted by atomic mass is 10.2. The lowest BCUT2D eigenvalue weighted by Gasteiger charge is -2.12. The molecule has 0 bridgehead atoms. The van der Waals surface area contributed by atoms with E-state index in [9.17, 15) is 4.39 Å². The van der Waals surface area contributed by atoms with Crippen LogP contribution in [-0.4, -0.2) is 4.99 Å². The number of benzene rings is 2. The highest BCUT2D eigenvalue weighted by Crippen LogP contribution is 2.30. The zero-order valence-corrected chi connectivity index (χ0v) is 11.7. The Morgan fingerprint density at radius 3 is 2.63 bits per heavy atom. The van der Waals surface area contributed by atoms with Crippen molar-refractivity contribution in [3.63, 3.8) is 0 Å². The summed E-state index contributed by atoms with van der Waals surface area (Å²) >= 11 is 10.8. The SMILES string of the molecule is Cc1ccc(F)cc1Oc1ccc(Cl)cc1C(N)=S. The summed E-state index contributed by atoms with van der Waals surface area (Å²) in [7, 11) is 0. The zero-order chi connectivity index (χ0) is 14.0. The Balaban J connectivity index is 2.43. The molecule has 5 heteroatoms. The second-order valence-electron chi connectivity index (χ2n) is 4.02. The summed E-state index contributed by atoms with van der Waals surface area (Å²) in [6.07, 6.45) is 0. The highest BCUT2D eigenvalue weighted by Gasteiger charge is 2.10. The molecule has 0 spiro atoms. The molecule has 0 heterocycles. The highest BCUT2D eigenvalue weighted by atomic mass is 35.5. The summed E-state index contributed by atoms with van der Waals surface area (Å²) in [6.45, 7) is 1.82. The Morgan fingerprint density at radius 2 is 1.95 bits per heavy atom. The Morgan fingerprint density at radius 1 is 1.21 bits per heavy atom. The molecule has 0 fully saturated rings. The summed E-state index contributed by atoms with van der Waals surface area (Å²) in [5.41, 5.74) is 6.95. The Kier molecular flexibility index (Phi) is 4.02. The molecule has 0 atom stereocenters. The molecular formula is C14H11ClFNOS. The van der Waals surface area contributed by atoms with E-state index >= 15 is 0 Å². The minimum absolute atomic E-state index is 0.173. The maximum Gasteiger partial charge on any atom is 0.137 e. The molecule has 0 aliphatic carbocycles. The molecule has 0 aliphatic rings. The fourth-order valence-electron chi connectivity index (χ4n) is 1.59. The van der Waals surface area contributed by atoms with Gasteiger partial charge in [-0.2, -0.15) is 0 Å². The van der Waals surface area contributed by atoms with Gasteiger partial charge in [0.25, 0.3) is 0 Å². The topological polar surface area (TPSA) is 35.2 Å². The first-order valence-corrected chi connectivity index (χ1v) is 6.29. The number of ether oxygens (including phenoxy) is 1. The fraction of sp³-hybridized carbons (Fsp3) is 0.0714. The van der Waals surface area contributed by atoms with Crippen LogP contribution < -0.4 is 10.5 Å². The van der Waals surface area contributed by atoms with Gasteiger partial charge in [0.05, 0.1) is 5.56 Å². The van der Waals surface area contributed by atoms with Gasteiger partial charge in [-0.05, 0) is 36.8 Å². The van der Waals surface area contributed by atoms with Gasteiger partial charge in [0.1, 0.15) is 22.3 Å². The number of hydrogen-bond acceptors (Lipinski definition) is 2. The number of thiocarbonyl (C=S) groups is 1. The standard InChI is InChI=1S/C14H11ClFNOS/c1-8-2-4-10(16)7-13(8)18-12-5-3-9(15)6-11(12)14(17)19/h2-7H,1H3,(H2,17,19). The monoisotopic (exact) mass is 295 g/mol. The molecule has 0 amide bonds. The summed E-state index contributed by atoms with van der Waals surface area (Å²) < 4.78 is 18.9. The first-order valence-electron chi connectivity index (χ1n) is 5.51. The minimum Gasteiger partial charge on any atom is -0.456 e. The van der Waals surface area contributed by atoms with Crippen molar-refractivity contribution >= 4 is 28.8 Å². The molecule has 0 aromatic heterocycles. The van der Waals surface area contributed by atoms with Gasteiger partial charge in [-0.1, -0.05) is 29.9 Å². The predicted molar refractivity (Wildman–Crippen MR) is 78.6 cm³/mol. The third-order valence-electron chi connectivity index (χ3n) is 2.58. The van der Waals surface area contributed by atoms with Crippen molar-refractivity contribution in [2.75, 3.05) is 0 Å². The molecule has 19 heavy (non-hydrogen) atoms. The number of nitrogens with two attached hydrogens (primary N) is 1. The second kappa shape index (κ2) is 5.55. The van der Waals surface area contributed by atoms with E-state index < -0.39 is 0 Å². The molecule has 2 N–H and O–H groups in total. The van der Waals surface area contributed by atoms with Crippen molar-refractivity contribution in [1.29, 1.82) is 0 Å². The van der Waals surface area contributed by atoms with Crippen LogP contribution in [0.2, 0.25) is 5.02 Å². The molecule has 0 unspecified atom stereocenters. The average Bonchev–Trinajstić information content (AvgIpc) is 2.35. The van der Waals surface area contributed by atoms with E-state index in [0.29, 0.717) is 22.1 Å². The maximum absolute atomic E-state index is 13.2. The van der Waals surface area contributed by atoms with E-state index in [1.165, 1.54) is 12.1 Å². The summed E-state index contributed by atoms with van der Waals surface area (Å²) in [5.74, 6) is 0.497. The van der Waals surface area contributed by atoms with Crippen LogP contribution in [0, 0.1) is 12.7 Å². The minimum atomic E-state index is -0.369. The van der Waals surface area contributed by atoms with E-state index in [0.717, 1.165) is 5.56 Å². The van der Waals surface area contributed by atoms with Crippen molar-refractivity contribution in [3.8, 4) is 11.5 Å². The van der Waals surface area contributed by atoms with Crippen LogP contribution in [0.3, 0.4) is 0 Å². The van der Waals surface area contributed by atoms with E-state index in [2.05, 4.69) is 0 Å². The van der Waals surface area contributed by atoms with Crippen molar-refractivity contribution in [3.05, 3.63) is 58.4 Å². The number of rotatable bonds is 3. The van der Waals surface area contributed by atoms with Crippen LogP contribution in [0.5, 0.6) is 11.5 Å². The molecule has 2 aromatic rings. The molecular weight excluding hydrogens is 285 g/mol. The van der Waals surface area contributed by atoms with Crippen LogP contribution in [0.1, 0.15) is 11.1 Å². The van der Waals surface area contributed by atoms with Crippen molar-refractivity contribution < 1.29 is 9.13 Å². The van der Waals surface area contributed by atoms with E-state index in [1.54, 1.807) is 24.3 Å². The lowest BCUT2D eigenvalue weighted by molar-refractivity contribution is 0.472. The largest absolute Gasteiger partial charge is 0.456 e. The second-order valence-corrected chi connectivity index (χ2v) is 4.89. The summed E-state index contributed by atoms with van der Waals surface area (Å²) in [6, 6.07) is 9.26. The Bertz CT molecular complexity index is 645. The molecule has 2 nitrogen and oxygen atoms in total. The Hall–Kier alpha value is -1.65. The van der Waals surface area contributed by atoms with E-state index in [-0.39, 0.29) is 10.8 Å². The van der Waals surface area contributed by atoms with Crippen LogP contribution in [0.25, 0.3) is 0 Å². The first kappa shape index (κ1) is 13.8. The molecule has 98 valence electrons. The van der Waals surface area contributed by atoms with Crippen LogP contribution in [-0.2, 0) is 0 Å². The number of aryl methyl sites for hydroxylation is 1. The van der Waals surface area contributed by atoms with E-state index in [4.69, 9.17) is 34.3 Å². The predicted octanol–water partition coefficient (Wildman–Crippen LogP) is 4.21. The van der Waals surface area contributed by atoms with Crippen molar-refractivity contribution in [2.24, 2.45) is 5.73 Å². The smallest absolute Gasteiger partial charge is 0.137 e. The normalized spacial score (nSPS) is 10.3. The lowest BCUT2D eigenvalue weighted by Crippen LogP contribution is -2.10. The molecule has 0 radical (unpaired) electrons. The maximum atomic E-state index is 13.2. The number of hydrogen-bond donors (Lipinski definition) is 1. The van der Waals surface area contributed by atoms with Crippen molar-refractivity contribution in [2.45, 2.75) is 6.92 Å². The van der Waals surface area contributed by atoms with Crippen LogP contribution in [0.15, 0.2) is 36.4 Å².